The maximum Gasteiger partial charge on any atom is -0.00213 e. The van der Waals surface area contributed by atoms with Gasteiger partial charge in [0.25, 0.3) is 0 Å². The van der Waals surface area contributed by atoms with E-state index in [1.807, 2.05) is 0 Å². The largest absolute Gasteiger partial charge is 0.0654 e. The molecular weight excluding hydrogens is 1230 g/mol. The van der Waals surface area contributed by atoms with E-state index in [2.05, 4.69) is 282 Å². The van der Waals surface area contributed by atoms with E-state index in [9.17, 15) is 0 Å². The molecule has 4 atom stereocenters. The summed E-state index contributed by atoms with van der Waals surface area (Å²) in [6.07, 6.45) is 26.2. The van der Waals surface area contributed by atoms with Crippen LogP contribution in [-0.2, 0) is 25.7 Å². The molecule has 0 amide bonds. The highest BCUT2D eigenvalue weighted by Crippen LogP contribution is 2.43. The second-order valence-corrected chi connectivity index (χ2v) is 31.7. The predicted molar refractivity (Wildman–Crippen MR) is 459 cm³/mol. The van der Waals surface area contributed by atoms with Crippen molar-refractivity contribution in [2.45, 2.75) is 253 Å². The number of unbranched alkanes of at least 4 members (excludes halogenated alkanes) is 4. The van der Waals surface area contributed by atoms with Gasteiger partial charge in [-0.2, -0.15) is 0 Å². The zero-order valence-electron chi connectivity index (χ0n) is 66.5. The fourth-order valence-electron chi connectivity index (χ4n) is 18.0. The predicted octanol–water partition coefficient (Wildman–Crippen LogP) is 31.3. The molecule has 0 aliphatic heterocycles. The molecule has 0 saturated heterocycles. The first-order valence-corrected chi connectivity index (χ1v) is 40.5. The van der Waals surface area contributed by atoms with Crippen LogP contribution in [0.4, 0.5) is 0 Å². The molecule has 14 rings (SSSR count). The van der Waals surface area contributed by atoms with E-state index in [-0.39, 0.29) is 0 Å². The molecule has 0 fully saturated rings. The summed E-state index contributed by atoms with van der Waals surface area (Å²) in [6, 6.07) is 60.5. The van der Waals surface area contributed by atoms with Crippen molar-refractivity contribution in [1.29, 1.82) is 0 Å². The van der Waals surface area contributed by atoms with Gasteiger partial charge in [-0.1, -0.05) is 316 Å². The molecular formula is C102H124. The van der Waals surface area contributed by atoms with Crippen LogP contribution in [0, 0.1) is 92.9 Å². The first kappa shape index (κ1) is 75.4. The number of benzene rings is 14. The Morgan fingerprint density at radius 3 is 0.804 bits per heavy atom. The van der Waals surface area contributed by atoms with E-state index in [0.29, 0.717) is 0 Å². The maximum atomic E-state index is 2.60. The number of fused-ring (bicyclic) bond motifs is 4. The first-order chi connectivity index (χ1) is 49.4. The molecule has 0 aliphatic rings. The van der Waals surface area contributed by atoms with E-state index in [1.165, 1.54) is 303 Å². The monoisotopic (exact) mass is 1350 g/mol. The maximum absolute atomic E-state index is 2.60. The fourth-order valence-corrected chi connectivity index (χ4v) is 18.0. The van der Waals surface area contributed by atoms with Crippen LogP contribution >= 0.6 is 0 Å². The standard InChI is InChI=1S/2C32H46.C20H18.C18H14/c1-7-11-15-25(9-3)19-27-21-31-23(5)29-17-13-14-18-30(29)24(6)32(31)22-28(27)20-26(10-4)16-12-8-2;1-7-11-13-25(9-3)19-27-15-17-29-24(6)32-22-28(20-26(10-4)14-12-8-2)16-18-30(32)23(5)31(29)21-27;1-11-9-12(2)16-7-8-18-14(4)10-13(3)17-6-5-15(11)19(16)20(17)18;1-11-3-5-13-8-10-16-12(2)4-6-14-7-9-15(11)17(13)18(14)16/h13-14,17-18,21-22,25-26H,7-12,15-16,19-20H2,1-6H3;15-18,21-22,25-26H,7-14,19-20H2,1-6H3;5-10H,1-4H3;3-10H,1-2H3. The molecule has 0 spiro atoms. The Bertz CT molecular complexity index is 4780. The van der Waals surface area contributed by atoms with Crippen molar-refractivity contribution in [1.82, 2.24) is 0 Å². The lowest BCUT2D eigenvalue weighted by atomic mass is 9.82. The van der Waals surface area contributed by atoms with Crippen molar-refractivity contribution < 1.29 is 0 Å². The van der Waals surface area contributed by atoms with E-state index in [4.69, 9.17) is 0 Å². The molecule has 14 aromatic carbocycles. The third-order valence-electron chi connectivity index (χ3n) is 24.7. The lowest BCUT2D eigenvalue weighted by Crippen LogP contribution is -2.10. The quantitative estimate of drug-likeness (QED) is 0.0418. The Balaban J connectivity index is 0.000000140. The fraction of sp³-hybridized carbons (Fsp3) is 0.412. The van der Waals surface area contributed by atoms with Gasteiger partial charge in [-0.05, 0) is 304 Å². The van der Waals surface area contributed by atoms with Gasteiger partial charge in [-0.15, -0.1) is 0 Å². The minimum Gasteiger partial charge on any atom is -0.0654 e. The van der Waals surface area contributed by atoms with Crippen LogP contribution in [0.1, 0.15) is 236 Å². The molecule has 0 heteroatoms. The normalized spacial score (nSPS) is 13.0. The van der Waals surface area contributed by atoms with Crippen molar-refractivity contribution in [2.75, 3.05) is 0 Å². The van der Waals surface area contributed by atoms with Gasteiger partial charge >= 0.3 is 0 Å². The summed E-state index contributed by atoms with van der Waals surface area (Å²) in [6.45, 7) is 41.3. The molecule has 0 radical (unpaired) electrons. The lowest BCUT2D eigenvalue weighted by molar-refractivity contribution is 0.434. The van der Waals surface area contributed by atoms with Crippen molar-refractivity contribution in [2.24, 2.45) is 23.7 Å². The van der Waals surface area contributed by atoms with Crippen LogP contribution in [0.25, 0.3) is 108 Å². The number of hydrogen-bond donors (Lipinski definition) is 0. The molecule has 532 valence electrons. The highest BCUT2D eigenvalue weighted by atomic mass is 14.3. The zero-order chi connectivity index (χ0) is 72.5. The van der Waals surface area contributed by atoms with E-state index in [1.54, 1.807) is 11.1 Å². The van der Waals surface area contributed by atoms with Gasteiger partial charge in [0.15, 0.2) is 0 Å². The van der Waals surface area contributed by atoms with Crippen LogP contribution in [0.3, 0.4) is 0 Å². The number of aryl methyl sites for hydroxylation is 10. The molecule has 0 nitrogen and oxygen atoms in total. The van der Waals surface area contributed by atoms with Gasteiger partial charge in [-0.25, -0.2) is 0 Å². The summed E-state index contributed by atoms with van der Waals surface area (Å²) < 4.78 is 0. The summed E-state index contributed by atoms with van der Waals surface area (Å²) in [5.74, 6) is 3.25. The Hall–Kier alpha value is -7.80. The van der Waals surface area contributed by atoms with E-state index < -0.39 is 0 Å². The molecule has 0 aromatic heterocycles. The highest BCUT2D eigenvalue weighted by Gasteiger charge is 2.21. The smallest absolute Gasteiger partial charge is 0.00213 e. The molecule has 14 aromatic rings. The van der Waals surface area contributed by atoms with Gasteiger partial charge in [0, 0.05) is 0 Å². The first-order valence-electron chi connectivity index (χ1n) is 40.5. The molecule has 0 N–H and O–H groups in total. The zero-order valence-corrected chi connectivity index (χ0v) is 66.5. The summed E-state index contributed by atoms with van der Waals surface area (Å²) in [5, 5.41) is 28.4. The van der Waals surface area contributed by atoms with Crippen molar-refractivity contribution >= 4 is 108 Å². The van der Waals surface area contributed by atoms with Crippen molar-refractivity contribution in [3.8, 4) is 0 Å². The van der Waals surface area contributed by atoms with Gasteiger partial charge in [-0.3, -0.25) is 0 Å². The molecule has 0 heterocycles. The third kappa shape index (κ3) is 16.0. The average molecular weight is 1350 g/mol. The van der Waals surface area contributed by atoms with Crippen LogP contribution in [0.2, 0.25) is 0 Å². The minimum atomic E-state index is 0.809. The average Bonchev–Trinajstić information content (AvgIpc) is 0.741. The Kier molecular flexibility index (Phi) is 25.3. The van der Waals surface area contributed by atoms with Crippen LogP contribution < -0.4 is 0 Å². The molecule has 0 bridgehead atoms. The van der Waals surface area contributed by atoms with Gasteiger partial charge in [0.2, 0.25) is 0 Å². The molecule has 102 heavy (non-hydrogen) atoms. The van der Waals surface area contributed by atoms with E-state index >= 15 is 0 Å². The third-order valence-corrected chi connectivity index (χ3v) is 24.7. The molecule has 0 saturated carbocycles. The van der Waals surface area contributed by atoms with Gasteiger partial charge in [0.05, 0.1) is 0 Å². The van der Waals surface area contributed by atoms with Crippen LogP contribution in [0.5, 0.6) is 0 Å². The molecule has 4 unspecified atom stereocenters. The van der Waals surface area contributed by atoms with E-state index in [0.717, 1.165) is 23.7 Å². The highest BCUT2D eigenvalue weighted by molar-refractivity contribution is 6.26. The molecule has 0 aliphatic carbocycles. The summed E-state index contributed by atoms with van der Waals surface area (Å²) in [4.78, 5) is 0. The Morgan fingerprint density at radius 2 is 0.490 bits per heavy atom. The Morgan fingerprint density at radius 1 is 0.225 bits per heavy atom. The SMILES string of the molecule is CCCCC(CC)Cc1cc2c(C)c3ccccc3c(C)c2cc1CC(CC)CCCC.CCCCC(CC)Cc1ccc2c(C)c3cc(CC(CC)CCCC)ccc3c(C)c2c1.Cc1cc(C)c2ccc3c(C)cc(C)c4ccc1c2c43.Cc1ccc2ccc3c(C)ccc4ccc1c2c43. The summed E-state index contributed by atoms with van der Waals surface area (Å²) in [5.41, 5.74) is 20.3. The van der Waals surface area contributed by atoms with Gasteiger partial charge < -0.3 is 0 Å². The van der Waals surface area contributed by atoms with Crippen LogP contribution in [-0.4, -0.2) is 0 Å². The van der Waals surface area contributed by atoms with Gasteiger partial charge in [0.1, 0.15) is 0 Å². The second kappa shape index (κ2) is 34.2. The second-order valence-electron chi connectivity index (χ2n) is 31.7. The van der Waals surface area contributed by atoms with Crippen LogP contribution in [0.15, 0.2) is 158 Å². The summed E-state index contributed by atoms with van der Waals surface area (Å²) >= 11 is 0. The number of hydrogen-bond acceptors (Lipinski definition) is 0. The van der Waals surface area contributed by atoms with Crippen molar-refractivity contribution in [3.63, 3.8) is 0 Å². The Labute approximate surface area is 616 Å². The number of rotatable bonds is 24. The topological polar surface area (TPSA) is 0 Å². The summed E-state index contributed by atoms with van der Waals surface area (Å²) in [7, 11) is 0. The minimum absolute atomic E-state index is 0.809. The van der Waals surface area contributed by atoms with Crippen molar-refractivity contribution in [3.05, 3.63) is 236 Å². The lowest BCUT2D eigenvalue weighted by Gasteiger charge is -2.23.